The van der Waals surface area contributed by atoms with Crippen LogP contribution >= 0.6 is 0 Å². The Bertz CT molecular complexity index is 665. The highest BCUT2D eigenvalue weighted by atomic mass is 16.3. The van der Waals surface area contributed by atoms with Crippen LogP contribution in [0.4, 0.5) is 5.69 Å². The zero-order chi connectivity index (χ0) is 15.9. The first-order chi connectivity index (χ1) is 10.6. The average molecular weight is 297 g/mol. The summed E-state index contributed by atoms with van der Waals surface area (Å²) in [5, 5.41) is 12.3. The molecule has 2 N–H and O–H groups in total. The standard InChI is InChI=1S/C18H19NO3/c1-13-10-11-17(21)15(12-13)19-18(22)9-5-8-16(20)14-6-3-2-4-7-14/h2-4,6-7,10-12,21H,5,8-9H2,1H3,(H,19,22). The molecule has 1 amide bonds. The fraction of sp³-hybridized carbons (Fsp3) is 0.222. The molecule has 2 aromatic rings. The summed E-state index contributed by atoms with van der Waals surface area (Å²) >= 11 is 0. The minimum absolute atomic E-state index is 0.0341. The Hall–Kier alpha value is -2.62. The second-order valence-corrected chi connectivity index (χ2v) is 5.21. The second-order valence-electron chi connectivity index (χ2n) is 5.21. The predicted molar refractivity (Wildman–Crippen MR) is 86.1 cm³/mol. The highest BCUT2D eigenvalue weighted by Gasteiger charge is 2.09. The van der Waals surface area contributed by atoms with Crippen molar-refractivity contribution in [1.29, 1.82) is 0 Å². The van der Waals surface area contributed by atoms with Gasteiger partial charge in [0.25, 0.3) is 0 Å². The molecular formula is C18H19NO3. The summed E-state index contributed by atoms with van der Waals surface area (Å²) < 4.78 is 0. The van der Waals surface area contributed by atoms with Gasteiger partial charge in [-0.25, -0.2) is 0 Å². The van der Waals surface area contributed by atoms with E-state index in [1.165, 1.54) is 0 Å². The molecule has 22 heavy (non-hydrogen) atoms. The molecule has 114 valence electrons. The number of benzene rings is 2. The second kappa shape index (κ2) is 7.41. The number of ketones is 1. The first-order valence-corrected chi connectivity index (χ1v) is 7.24. The van der Waals surface area contributed by atoms with Crippen molar-refractivity contribution in [3.8, 4) is 5.75 Å². The molecule has 0 unspecified atom stereocenters. The third-order valence-corrected chi connectivity index (χ3v) is 3.33. The third kappa shape index (κ3) is 4.45. The van der Waals surface area contributed by atoms with Gasteiger partial charge in [0, 0.05) is 18.4 Å². The fourth-order valence-electron chi connectivity index (χ4n) is 2.14. The number of carbonyl (C=O) groups is 2. The maximum absolute atomic E-state index is 11.9. The van der Waals surface area contributed by atoms with E-state index in [2.05, 4.69) is 5.32 Å². The van der Waals surface area contributed by atoms with Crippen molar-refractivity contribution in [2.24, 2.45) is 0 Å². The number of phenols is 1. The lowest BCUT2D eigenvalue weighted by molar-refractivity contribution is -0.116. The Kier molecular flexibility index (Phi) is 5.31. The molecule has 0 heterocycles. The molecule has 0 atom stereocenters. The molecule has 2 aromatic carbocycles. The number of rotatable bonds is 6. The normalized spacial score (nSPS) is 10.2. The summed E-state index contributed by atoms with van der Waals surface area (Å²) in [6.07, 6.45) is 1.05. The van der Waals surface area contributed by atoms with Gasteiger partial charge in [-0.15, -0.1) is 0 Å². The van der Waals surface area contributed by atoms with Gasteiger partial charge < -0.3 is 10.4 Å². The zero-order valence-electron chi connectivity index (χ0n) is 12.5. The molecule has 4 heteroatoms. The van der Waals surface area contributed by atoms with Gasteiger partial charge in [-0.3, -0.25) is 9.59 Å². The monoisotopic (exact) mass is 297 g/mol. The molecule has 0 aromatic heterocycles. The van der Waals surface area contributed by atoms with Crippen molar-refractivity contribution in [3.05, 3.63) is 59.7 Å². The van der Waals surface area contributed by atoms with E-state index < -0.39 is 0 Å². The number of amides is 1. The number of hydrogen-bond donors (Lipinski definition) is 2. The van der Waals surface area contributed by atoms with Gasteiger partial charge in [0.2, 0.25) is 5.91 Å². The van der Waals surface area contributed by atoms with Crippen molar-refractivity contribution >= 4 is 17.4 Å². The largest absolute Gasteiger partial charge is 0.506 e. The van der Waals surface area contributed by atoms with Crippen molar-refractivity contribution in [3.63, 3.8) is 0 Å². The Morgan fingerprint density at radius 3 is 2.50 bits per heavy atom. The Morgan fingerprint density at radius 1 is 1.05 bits per heavy atom. The van der Waals surface area contributed by atoms with Crippen LogP contribution in [-0.2, 0) is 4.79 Å². The Balaban J connectivity index is 1.81. The lowest BCUT2D eigenvalue weighted by Gasteiger charge is -2.08. The van der Waals surface area contributed by atoms with E-state index in [1.807, 2.05) is 25.1 Å². The SMILES string of the molecule is Cc1ccc(O)c(NC(=O)CCCC(=O)c2ccccc2)c1. The average Bonchev–Trinajstić information content (AvgIpc) is 2.51. The summed E-state index contributed by atoms with van der Waals surface area (Å²) in [6, 6.07) is 14.1. The Morgan fingerprint density at radius 2 is 1.77 bits per heavy atom. The highest BCUT2D eigenvalue weighted by Crippen LogP contribution is 2.24. The number of aryl methyl sites for hydroxylation is 1. The first-order valence-electron chi connectivity index (χ1n) is 7.24. The van der Waals surface area contributed by atoms with E-state index in [-0.39, 0.29) is 23.9 Å². The van der Waals surface area contributed by atoms with Crippen LogP contribution in [0.1, 0.15) is 35.2 Å². The maximum Gasteiger partial charge on any atom is 0.224 e. The van der Waals surface area contributed by atoms with Crippen LogP contribution in [0.2, 0.25) is 0 Å². The molecule has 0 saturated carbocycles. The van der Waals surface area contributed by atoms with Gasteiger partial charge in [-0.1, -0.05) is 36.4 Å². The molecule has 4 nitrogen and oxygen atoms in total. The van der Waals surface area contributed by atoms with Crippen LogP contribution in [0.3, 0.4) is 0 Å². The first kappa shape index (κ1) is 15.8. The zero-order valence-corrected chi connectivity index (χ0v) is 12.5. The number of hydrogen-bond acceptors (Lipinski definition) is 3. The molecule has 0 saturated heterocycles. The molecule has 0 bridgehead atoms. The summed E-state index contributed by atoms with van der Waals surface area (Å²) in [5.74, 6) is -0.132. The predicted octanol–water partition coefficient (Wildman–Crippen LogP) is 3.69. The van der Waals surface area contributed by atoms with Crippen LogP contribution in [0.25, 0.3) is 0 Å². The van der Waals surface area contributed by atoms with Crippen molar-refractivity contribution in [2.45, 2.75) is 26.2 Å². The lowest BCUT2D eigenvalue weighted by atomic mass is 10.1. The van der Waals surface area contributed by atoms with E-state index in [0.29, 0.717) is 24.1 Å². The lowest BCUT2D eigenvalue weighted by Crippen LogP contribution is -2.12. The van der Waals surface area contributed by atoms with E-state index in [0.717, 1.165) is 5.56 Å². The highest BCUT2D eigenvalue weighted by molar-refractivity contribution is 5.97. The van der Waals surface area contributed by atoms with Gasteiger partial charge in [0.05, 0.1) is 5.69 Å². The molecule has 0 fully saturated rings. The number of aromatic hydroxyl groups is 1. The summed E-state index contributed by atoms with van der Waals surface area (Å²) in [7, 11) is 0. The van der Waals surface area contributed by atoms with Crippen LogP contribution < -0.4 is 5.32 Å². The van der Waals surface area contributed by atoms with Gasteiger partial charge >= 0.3 is 0 Å². The molecule has 0 radical (unpaired) electrons. The van der Waals surface area contributed by atoms with Gasteiger partial charge in [0.1, 0.15) is 5.75 Å². The van der Waals surface area contributed by atoms with Crippen molar-refractivity contribution in [1.82, 2.24) is 0 Å². The molecule has 0 aliphatic carbocycles. The smallest absolute Gasteiger partial charge is 0.224 e. The van der Waals surface area contributed by atoms with Crippen LogP contribution in [0.5, 0.6) is 5.75 Å². The summed E-state index contributed by atoms with van der Waals surface area (Å²) in [6.45, 7) is 1.88. The number of phenolic OH excluding ortho intramolecular Hbond substituents is 1. The number of nitrogens with one attached hydrogen (secondary N) is 1. The van der Waals surface area contributed by atoms with Gasteiger partial charge in [-0.05, 0) is 31.0 Å². The summed E-state index contributed by atoms with van der Waals surface area (Å²) in [4.78, 5) is 23.8. The van der Waals surface area contributed by atoms with Crippen molar-refractivity contribution < 1.29 is 14.7 Å². The molecule has 0 spiro atoms. The van der Waals surface area contributed by atoms with Crippen LogP contribution in [0, 0.1) is 6.92 Å². The van der Waals surface area contributed by atoms with Crippen molar-refractivity contribution in [2.75, 3.05) is 5.32 Å². The fourth-order valence-corrected chi connectivity index (χ4v) is 2.14. The third-order valence-electron chi connectivity index (χ3n) is 3.33. The van der Waals surface area contributed by atoms with E-state index in [4.69, 9.17) is 0 Å². The maximum atomic E-state index is 11.9. The van der Waals surface area contributed by atoms with E-state index >= 15 is 0 Å². The quantitative estimate of drug-likeness (QED) is 0.631. The van der Waals surface area contributed by atoms with Crippen LogP contribution in [-0.4, -0.2) is 16.8 Å². The number of carbonyl (C=O) groups excluding carboxylic acids is 2. The molecule has 2 rings (SSSR count). The summed E-state index contributed by atoms with van der Waals surface area (Å²) in [5.41, 5.74) is 2.02. The number of Topliss-reactive ketones (excluding diaryl/α,β-unsaturated/α-hetero) is 1. The van der Waals surface area contributed by atoms with Gasteiger partial charge in [-0.2, -0.15) is 0 Å². The minimum Gasteiger partial charge on any atom is -0.506 e. The van der Waals surface area contributed by atoms with E-state index in [9.17, 15) is 14.7 Å². The molecular weight excluding hydrogens is 278 g/mol. The minimum atomic E-state index is -0.207. The number of anilines is 1. The van der Waals surface area contributed by atoms with Crippen LogP contribution in [0.15, 0.2) is 48.5 Å². The van der Waals surface area contributed by atoms with Gasteiger partial charge in [0.15, 0.2) is 5.78 Å². The molecule has 0 aliphatic rings. The van der Waals surface area contributed by atoms with E-state index in [1.54, 1.807) is 30.3 Å². The Labute approximate surface area is 129 Å². The molecule has 0 aliphatic heterocycles. The topological polar surface area (TPSA) is 66.4 Å².